The van der Waals surface area contributed by atoms with E-state index in [1.165, 1.54) is 5.56 Å². The first kappa shape index (κ1) is 19.4. The van der Waals surface area contributed by atoms with E-state index in [9.17, 15) is 4.79 Å². The summed E-state index contributed by atoms with van der Waals surface area (Å²) in [6.45, 7) is 5.01. The van der Waals surface area contributed by atoms with Crippen LogP contribution in [0.25, 0.3) is 0 Å². The molecule has 3 aromatic rings. The van der Waals surface area contributed by atoms with Gasteiger partial charge in [-0.1, -0.05) is 24.3 Å². The van der Waals surface area contributed by atoms with Gasteiger partial charge >= 0.3 is 0 Å². The molecule has 0 bridgehead atoms. The number of nitrogens with one attached hydrogen (secondary N) is 1. The summed E-state index contributed by atoms with van der Waals surface area (Å²) in [6.07, 6.45) is 2.08. The number of pyridine rings is 1. The van der Waals surface area contributed by atoms with Crippen LogP contribution >= 0.6 is 0 Å². The Kier molecular flexibility index (Phi) is 6.27. The van der Waals surface area contributed by atoms with E-state index in [0.29, 0.717) is 5.82 Å². The van der Waals surface area contributed by atoms with E-state index >= 15 is 0 Å². The summed E-state index contributed by atoms with van der Waals surface area (Å²) in [6, 6.07) is 19.6. The van der Waals surface area contributed by atoms with Gasteiger partial charge in [0.2, 0.25) is 5.91 Å². The Labute approximate surface area is 166 Å². The average molecular weight is 375 g/mol. The molecule has 0 spiro atoms. The lowest BCUT2D eigenvalue weighted by molar-refractivity contribution is -0.115. The highest BCUT2D eigenvalue weighted by Gasteiger charge is 2.09. The SMILES string of the molecule is CCN(c1ccc(NC(=O)Cc2ccc(OC)cc2)nc1)c1cccc(C)c1. The zero-order valence-corrected chi connectivity index (χ0v) is 16.5. The van der Waals surface area contributed by atoms with Gasteiger partial charge in [0.25, 0.3) is 0 Å². The van der Waals surface area contributed by atoms with Crippen molar-refractivity contribution < 1.29 is 9.53 Å². The second-order valence-electron chi connectivity index (χ2n) is 6.56. The van der Waals surface area contributed by atoms with Crippen LogP contribution in [-0.2, 0) is 11.2 Å². The zero-order valence-electron chi connectivity index (χ0n) is 16.5. The summed E-state index contributed by atoms with van der Waals surface area (Å²) < 4.78 is 5.13. The van der Waals surface area contributed by atoms with Crippen LogP contribution in [0.4, 0.5) is 17.2 Å². The van der Waals surface area contributed by atoms with Crippen LogP contribution in [0.2, 0.25) is 0 Å². The molecule has 0 fully saturated rings. The minimum absolute atomic E-state index is 0.101. The van der Waals surface area contributed by atoms with E-state index in [4.69, 9.17) is 4.74 Å². The molecule has 0 unspecified atom stereocenters. The molecule has 1 aromatic heterocycles. The number of ether oxygens (including phenoxy) is 1. The molecule has 1 amide bonds. The number of benzene rings is 2. The molecule has 1 heterocycles. The third-order valence-corrected chi connectivity index (χ3v) is 4.48. The quantitative estimate of drug-likeness (QED) is 0.648. The van der Waals surface area contributed by atoms with Crippen molar-refractivity contribution in [3.05, 3.63) is 78.0 Å². The Hall–Kier alpha value is -3.34. The molecule has 0 atom stereocenters. The van der Waals surface area contributed by atoms with Crippen LogP contribution in [0.5, 0.6) is 5.75 Å². The molecular weight excluding hydrogens is 350 g/mol. The van der Waals surface area contributed by atoms with Gasteiger partial charge in [0.1, 0.15) is 11.6 Å². The first-order valence-electron chi connectivity index (χ1n) is 9.32. The van der Waals surface area contributed by atoms with E-state index in [0.717, 1.165) is 29.2 Å². The number of anilines is 3. The van der Waals surface area contributed by atoms with Crippen LogP contribution in [0.1, 0.15) is 18.1 Å². The van der Waals surface area contributed by atoms with Gasteiger partial charge in [-0.25, -0.2) is 4.98 Å². The number of aromatic nitrogens is 1. The maximum Gasteiger partial charge on any atom is 0.229 e. The number of hydrogen-bond acceptors (Lipinski definition) is 4. The molecule has 5 heteroatoms. The number of carbonyl (C=O) groups is 1. The first-order valence-corrected chi connectivity index (χ1v) is 9.32. The summed E-state index contributed by atoms with van der Waals surface area (Å²) in [5.41, 5.74) is 4.25. The van der Waals surface area contributed by atoms with Crippen molar-refractivity contribution in [3.63, 3.8) is 0 Å². The Balaban J connectivity index is 1.65. The van der Waals surface area contributed by atoms with E-state index in [1.807, 2.05) is 36.4 Å². The molecule has 0 aliphatic rings. The second-order valence-corrected chi connectivity index (χ2v) is 6.56. The number of carbonyl (C=O) groups excluding carboxylic acids is 1. The third-order valence-electron chi connectivity index (χ3n) is 4.48. The fourth-order valence-electron chi connectivity index (χ4n) is 3.05. The van der Waals surface area contributed by atoms with Gasteiger partial charge in [0, 0.05) is 12.2 Å². The zero-order chi connectivity index (χ0) is 19.9. The highest BCUT2D eigenvalue weighted by Crippen LogP contribution is 2.26. The maximum absolute atomic E-state index is 12.3. The van der Waals surface area contributed by atoms with Gasteiger partial charge in [-0.15, -0.1) is 0 Å². The predicted molar refractivity (Wildman–Crippen MR) is 113 cm³/mol. The van der Waals surface area contributed by atoms with Gasteiger partial charge in [-0.2, -0.15) is 0 Å². The molecule has 5 nitrogen and oxygen atoms in total. The molecule has 144 valence electrons. The van der Waals surface area contributed by atoms with E-state index in [1.54, 1.807) is 13.3 Å². The number of aryl methyl sites for hydroxylation is 1. The molecule has 2 aromatic carbocycles. The lowest BCUT2D eigenvalue weighted by Gasteiger charge is -2.23. The molecule has 28 heavy (non-hydrogen) atoms. The van der Waals surface area contributed by atoms with Gasteiger partial charge in [0.05, 0.1) is 25.4 Å². The van der Waals surface area contributed by atoms with Crippen molar-refractivity contribution in [3.8, 4) is 5.75 Å². The van der Waals surface area contributed by atoms with E-state index in [2.05, 4.69) is 53.3 Å². The summed E-state index contributed by atoms with van der Waals surface area (Å²) in [7, 11) is 1.62. The molecule has 0 saturated carbocycles. The number of methoxy groups -OCH3 is 1. The van der Waals surface area contributed by atoms with Crippen molar-refractivity contribution in [2.24, 2.45) is 0 Å². The highest BCUT2D eigenvalue weighted by molar-refractivity contribution is 5.91. The first-order chi connectivity index (χ1) is 13.6. The number of hydrogen-bond donors (Lipinski definition) is 1. The van der Waals surface area contributed by atoms with Crippen molar-refractivity contribution in [1.29, 1.82) is 0 Å². The van der Waals surface area contributed by atoms with Crippen LogP contribution in [-0.4, -0.2) is 24.5 Å². The van der Waals surface area contributed by atoms with Gasteiger partial charge < -0.3 is 15.0 Å². The van der Waals surface area contributed by atoms with Crippen molar-refractivity contribution in [2.45, 2.75) is 20.3 Å². The minimum atomic E-state index is -0.101. The monoisotopic (exact) mass is 375 g/mol. The highest BCUT2D eigenvalue weighted by atomic mass is 16.5. The molecule has 0 saturated heterocycles. The topological polar surface area (TPSA) is 54.5 Å². The molecular formula is C23H25N3O2. The van der Waals surface area contributed by atoms with E-state index in [-0.39, 0.29) is 12.3 Å². The fraction of sp³-hybridized carbons (Fsp3) is 0.217. The van der Waals surface area contributed by atoms with Gasteiger partial charge in [-0.3, -0.25) is 4.79 Å². The Morgan fingerprint density at radius 1 is 1.07 bits per heavy atom. The van der Waals surface area contributed by atoms with Crippen molar-refractivity contribution in [2.75, 3.05) is 23.9 Å². The Bertz CT molecular complexity index is 921. The third kappa shape index (κ3) is 4.88. The minimum Gasteiger partial charge on any atom is -0.497 e. The Morgan fingerprint density at radius 2 is 1.86 bits per heavy atom. The second kappa shape index (κ2) is 9.04. The average Bonchev–Trinajstić information content (AvgIpc) is 2.70. The number of rotatable bonds is 7. The van der Waals surface area contributed by atoms with Crippen molar-refractivity contribution >= 4 is 23.1 Å². The maximum atomic E-state index is 12.3. The van der Waals surface area contributed by atoms with Gasteiger partial charge in [0.15, 0.2) is 0 Å². The van der Waals surface area contributed by atoms with Crippen LogP contribution < -0.4 is 15.0 Å². The van der Waals surface area contributed by atoms with Crippen LogP contribution in [0.15, 0.2) is 66.9 Å². The normalized spacial score (nSPS) is 10.4. The fourth-order valence-corrected chi connectivity index (χ4v) is 3.05. The summed E-state index contributed by atoms with van der Waals surface area (Å²) in [5.74, 6) is 1.22. The summed E-state index contributed by atoms with van der Waals surface area (Å²) in [5, 5.41) is 2.85. The lowest BCUT2D eigenvalue weighted by Crippen LogP contribution is -2.18. The summed E-state index contributed by atoms with van der Waals surface area (Å²) >= 11 is 0. The largest absolute Gasteiger partial charge is 0.497 e. The van der Waals surface area contributed by atoms with Crippen LogP contribution in [0, 0.1) is 6.92 Å². The number of nitrogens with zero attached hydrogens (tertiary/aromatic N) is 2. The Morgan fingerprint density at radius 3 is 2.46 bits per heavy atom. The lowest BCUT2D eigenvalue weighted by atomic mass is 10.1. The van der Waals surface area contributed by atoms with Crippen LogP contribution in [0.3, 0.4) is 0 Å². The molecule has 0 radical (unpaired) electrons. The molecule has 0 aliphatic heterocycles. The predicted octanol–water partition coefficient (Wildman–Crippen LogP) is 4.74. The smallest absolute Gasteiger partial charge is 0.229 e. The molecule has 0 aliphatic carbocycles. The van der Waals surface area contributed by atoms with Crippen molar-refractivity contribution in [1.82, 2.24) is 4.98 Å². The standard InChI is InChI=1S/C23H25N3O2/c1-4-26(19-7-5-6-17(2)14-19)20-10-13-22(24-16-20)25-23(27)15-18-8-11-21(28-3)12-9-18/h5-14,16H,4,15H2,1-3H3,(H,24,25,27). The van der Waals surface area contributed by atoms with Gasteiger partial charge in [-0.05, 0) is 61.4 Å². The molecule has 3 rings (SSSR count). The number of amides is 1. The summed E-state index contributed by atoms with van der Waals surface area (Å²) in [4.78, 5) is 18.9. The molecule has 1 N–H and O–H groups in total. The van der Waals surface area contributed by atoms with E-state index < -0.39 is 0 Å².